The van der Waals surface area contributed by atoms with Crippen LogP contribution >= 0.6 is 0 Å². The van der Waals surface area contributed by atoms with E-state index < -0.39 is 0 Å². The second kappa shape index (κ2) is 6.13. The van der Waals surface area contributed by atoms with Crippen LogP contribution in [0, 0.1) is 0 Å². The lowest BCUT2D eigenvalue weighted by Gasteiger charge is -2.22. The van der Waals surface area contributed by atoms with Gasteiger partial charge in [-0.25, -0.2) is 4.79 Å². The van der Waals surface area contributed by atoms with Crippen molar-refractivity contribution >= 4 is 17.6 Å². The summed E-state index contributed by atoms with van der Waals surface area (Å²) in [6.07, 6.45) is 0.297. The van der Waals surface area contributed by atoms with Gasteiger partial charge in [-0.1, -0.05) is 0 Å². The number of nitrogens with zero attached hydrogens (tertiary/aromatic N) is 1. The van der Waals surface area contributed by atoms with Crippen molar-refractivity contribution in [2.24, 2.45) is 0 Å². The molecule has 3 amide bonds. The molecule has 2 aliphatic rings. The Hall–Kier alpha value is -2.44. The first-order valence-electron chi connectivity index (χ1n) is 7.41. The molecule has 7 nitrogen and oxygen atoms in total. The molecular formula is C15H19N3O4. The van der Waals surface area contributed by atoms with Crippen LogP contribution in [-0.4, -0.2) is 44.3 Å². The second-order valence-corrected chi connectivity index (χ2v) is 5.24. The van der Waals surface area contributed by atoms with E-state index in [0.717, 1.165) is 5.69 Å². The molecule has 0 saturated carbocycles. The molecule has 2 aliphatic heterocycles. The molecular weight excluding hydrogens is 286 g/mol. The van der Waals surface area contributed by atoms with E-state index in [1.165, 1.54) is 0 Å². The van der Waals surface area contributed by atoms with Gasteiger partial charge in [0, 0.05) is 31.3 Å². The molecule has 3 rings (SSSR count). The molecule has 0 spiro atoms. The summed E-state index contributed by atoms with van der Waals surface area (Å²) in [5, 5.41) is 5.47. The van der Waals surface area contributed by atoms with Crippen LogP contribution in [0.2, 0.25) is 0 Å². The quantitative estimate of drug-likeness (QED) is 0.869. The lowest BCUT2D eigenvalue weighted by atomic mass is 10.2. The van der Waals surface area contributed by atoms with Gasteiger partial charge in [-0.2, -0.15) is 0 Å². The normalized spacial score (nSPS) is 20.0. The van der Waals surface area contributed by atoms with E-state index in [1.54, 1.807) is 11.0 Å². The van der Waals surface area contributed by atoms with Crippen molar-refractivity contribution in [3.63, 3.8) is 0 Å². The highest BCUT2D eigenvalue weighted by Gasteiger charge is 2.32. The van der Waals surface area contributed by atoms with Crippen LogP contribution in [0.4, 0.5) is 10.5 Å². The Labute approximate surface area is 128 Å². The van der Waals surface area contributed by atoms with E-state index in [2.05, 4.69) is 10.6 Å². The smallest absolute Gasteiger partial charge is 0.315 e. The Morgan fingerprint density at radius 1 is 1.32 bits per heavy atom. The van der Waals surface area contributed by atoms with Crippen LogP contribution in [0.25, 0.3) is 0 Å². The number of rotatable bonds is 3. The number of amides is 3. The zero-order chi connectivity index (χ0) is 15.5. The molecule has 0 aromatic heterocycles. The molecule has 1 aromatic rings. The Morgan fingerprint density at radius 3 is 2.86 bits per heavy atom. The first kappa shape index (κ1) is 14.5. The maximum Gasteiger partial charge on any atom is 0.315 e. The number of hydrogen-bond acceptors (Lipinski definition) is 4. The van der Waals surface area contributed by atoms with Gasteiger partial charge in [-0.3, -0.25) is 4.79 Å². The minimum absolute atomic E-state index is 0.0153. The van der Waals surface area contributed by atoms with Gasteiger partial charge >= 0.3 is 6.03 Å². The van der Waals surface area contributed by atoms with Crippen molar-refractivity contribution in [1.82, 2.24) is 10.6 Å². The van der Waals surface area contributed by atoms with Crippen LogP contribution in [0.1, 0.15) is 13.3 Å². The highest BCUT2D eigenvalue weighted by Crippen LogP contribution is 2.35. The van der Waals surface area contributed by atoms with Gasteiger partial charge in [-0.05, 0) is 19.1 Å². The third-order valence-electron chi connectivity index (χ3n) is 3.64. The largest absolute Gasteiger partial charge is 0.486 e. The first-order valence-corrected chi connectivity index (χ1v) is 7.41. The fourth-order valence-electron chi connectivity index (χ4n) is 2.65. The number of carbonyl (C=O) groups excluding carboxylic acids is 2. The first-order chi connectivity index (χ1) is 10.7. The lowest BCUT2D eigenvalue weighted by Crippen LogP contribution is -2.43. The topological polar surface area (TPSA) is 79.9 Å². The number of benzene rings is 1. The van der Waals surface area contributed by atoms with Crippen LogP contribution < -0.4 is 25.0 Å². The van der Waals surface area contributed by atoms with Crippen molar-refractivity contribution in [2.45, 2.75) is 19.4 Å². The van der Waals surface area contributed by atoms with Crippen LogP contribution in [0.15, 0.2) is 18.2 Å². The van der Waals surface area contributed by atoms with Crippen molar-refractivity contribution < 1.29 is 19.1 Å². The van der Waals surface area contributed by atoms with Gasteiger partial charge in [0.05, 0.1) is 6.04 Å². The average molecular weight is 305 g/mol. The van der Waals surface area contributed by atoms with Gasteiger partial charge in [0.25, 0.3) is 0 Å². The highest BCUT2D eigenvalue weighted by atomic mass is 16.6. The number of nitrogens with one attached hydrogen (secondary N) is 2. The SMILES string of the molecule is CCNC(=O)NC1CC(=O)N(c2ccc3c(c2)OCCO3)C1. The molecule has 1 aromatic carbocycles. The predicted molar refractivity (Wildman–Crippen MR) is 80.4 cm³/mol. The molecule has 2 N–H and O–H groups in total. The summed E-state index contributed by atoms with van der Waals surface area (Å²) >= 11 is 0. The van der Waals surface area contributed by atoms with Gasteiger partial charge in [0.1, 0.15) is 13.2 Å². The average Bonchev–Trinajstić information content (AvgIpc) is 2.87. The standard InChI is InChI=1S/C15H19N3O4/c1-2-16-15(20)17-10-7-14(19)18(9-10)11-3-4-12-13(8-11)22-6-5-21-12/h3-4,8,10H,2,5-7,9H2,1H3,(H2,16,17,20). The molecule has 0 bridgehead atoms. The Kier molecular flexibility index (Phi) is 4.04. The number of carbonyl (C=O) groups is 2. The predicted octanol–water partition coefficient (Wildman–Crippen LogP) is 0.882. The summed E-state index contributed by atoms with van der Waals surface area (Å²) in [6, 6.07) is 5.01. The summed E-state index contributed by atoms with van der Waals surface area (Å²) in [7, 11) is 0. The Balaban J connectivity index is 1.70. The molecule has 1 atom stereocenters. The van der Waals surface area contributed by atoms with Gasteiger partial charge in [0.15, 0.2) is 11.5 Å². The molecule has 1 fully saturated rings. The molecule has 22 heavy (non-hydrogen) atoms. The number of fused-ring (bicyclic) bond motifs is 1. The minimum Gasteiger partial charge on any atom is -0.486 e. The van der Waals surface area contributed by atoms with E-state index in [-0.39, 0.29) is 18.0 Å². The van der Waals surface area contributed by atoms with Crippen LogP contribution in [-0.2, 0) is 4.79 Å². The molecule has 1 saturated heterocycles. The summed E-state index contributed by atoms with van der Waals surface area (Å²) in [4.78, 5) is 25.4. The molecule has 0 radical (unpaired) electrons. The van der Waals surface area contributed by atoms with Gasteiger partial charge in [0.2, 0.25) is 5.91 Å². The van der Waals surface area contributed by atoms with Crippen molar-refractivity contribution in [3.8, 4) is 11.5 Å². The molecule has 0 aliphatic carbocycles. The van der Waals surface area contributed by atoms with Crippen LogP contribution in [0.5, 0.6) is 11.5 Å². The van der Waals surface area contributed by atoms with Crippen molar-refractivity contribution in [3.05, 3.63) is 18.2 Å². The fourth-order valence-corrected chi connectivity index (χ4v) is 2.65. The molecule has 7 heteroatoms. The monoisotopic (exact) mass is 305 g/mol. The van der Waals surface area contributed by atoms with Gasteiger partial charge < -0.3 is 25.0 Å². The summed E-state index contributed by atoms with van der Waals surface area (Å²) in [6.45, 7) is 3.90. The van der Waals surface area contributed by atoms with E-state index in [0.29, 0.717) is 44.2 Å². The summed E-state index contributed by atoms with van der Waals surface area (Å²) in [5.41, 5.74) is 0.759. The zero-order valence-corrected chi connectivity index (χ0v) is 12.4. The summed E-state index contributed by atoms with van der Waals surface area (Å²) in [5.74, 6) is 1.33. The van der Waals surface area contributed by atoms with Gasteiger partial charge in [-0.15, -0.1) is 0 Å². The second-order valence-electron chi connectivity index (χ2n) is 5.24. The fraction of sp³-hybridized carbons (Fsp3) is 0.467. The highest BCUT2D eigenvalue weighted by molar-refractivity contribution is 5.97. The number of hydrogen-bond donors (Lipinski definition) is 2. The molecule has 1 unspecified atom stereocenters. The number of urea groups is 1. The zero-order valence-electron chi connectivity index (χ0n) is 12.4. The van der Waals surface area contributed by atoms with E-state index in [9.17, 15) is 9.59 Å². The van der Waals surface area contributed by atoms with Crippen molar-refractivity contribution in [2.75, 3.05) is 31.2 Å². The lowest BCUT2D eigenvalue weighted by molar-refractivity contribution is -0.117. The van der Waals surface area contributed by atoms with Crippen LogP contribution in [0.3, 0.4) is 0 Å². The summed E-state index contributed by atoms with van der Waals surface area (Å²) < 4.78 is 11.0. The maximum absolute atomic E-state index is 12.2. The van der Waals surface area contributed by atoms with E-state index in [4.69, 9.17) is 9.47 Å². The third-order valence-corrected chi connectivity index (χ3v) is 3.64. The van der Waals surface area contributed by atoms with Crippen molar-refractivity contribution in [1.29, 1.82) is 0 Å². The van der Waals surface area contributed by atoms with E-state index in [1.807, 2.05) is 19.1 Å². The molecule has 118 valence electrons. The van der Waals surface area contributed by atoms with E-state index >= 15 is 0 Å². The number of ether oxygens (including phenoxy) is 2. The minimum atomic E-state index is -0.246. The maximum atomic E-state index is 12.2. The third kappa shape index (κ3) is 2.93. The molecule has 2 heterocycles. The number of anilines is 1. The Morgan fingerprint density at radius 2 is 2.09 bits per heavy atom. The Bertz CT molecular complexity index is 590.